The number of aryl methyl sites for hydroxylation is 1. The van der Waals surface area contributed by atoms with Crippen molar-refractivity contribution >= 4 is 11.3 Å². The van der Waals surface area contributed by atoms with E-state index in [9.17, 15) is 0 Å². The first-order chi connectivity index (χ1) is 5.18. The van der Waals surface area contributed by atoms with Gasteiger partial charge in [-0.25, -0.2) is 0 Å². The quantitative estimate of drug-likeness (QED) is 0.677. The molecule has 0 fully saturated rings. The molecule has 0 aliphatic carbocycles. The van der Waals surface area contributed by atoms with Crippen molar-refractivity contribution in [2.75, 3.05) is 6.61 Å². The van der Waals surface area contributed by atoms with Gasteiger partial charge in [0.1, 0.15) is 0 Å². The summed E-state index contributed by atoms with van der Waals surface area (Å²) in [4.78, 5) is 1.31. The zero-order valence-electron chi connectivity index (χ0n) is 7.26. The Kier molecular flexibility index (Phi) is 2.94. The van der Waals surface area contributed by atoms with Gasteiger partial charge in [-0.1, -0.05) is 13.8 Å². The van der Waals surface area contributed by atoms with Crippen LogP contribution in [0.2, 0.25) is 0 Å². The number of thiophene rings is 1. The van der Waals surface area contributed by atoms with Crippen LogP contribution in [-0.4, -0.2) is 6.61 Å². The lowest BCUT2D eigenvalue weighted by Crippen LogP contribution is -2.02. The molecule has 62 valence electrons. The fourth-order valence-electron chi connectivity index (χ4n) is 0.738. The van der Waals surface area contributed by atoms with Gasteiger partial charge in [0.2, 0.25) is 0 Å². The Bertz CT molecular complexity index is 215. The highest BCUT2D eigenvalue weighted by Crippen LogP contribution is 2.23. The Balaban J connectivity index is 2.39. The predicted octanol–water partition coefficient (Wildman–Crippen LogP) is 3.09. The normalized spacial score (nSPS) is 10.5. The van der Waals surface area contributed by atoms with Crippen molar-refractivity contribution in [1.82, 2.24) is 0 Å². The largest absolute Gasteiger partial charge is 0.484 e. The molecule has 0 aromatic carbocycles. The van der Waals surface area contributed by atoms with E-state index in [1.54, 1.807) is 11.3 Å². The summed E-state index contributed by atoms with van der Waals surface area (Å²) in [7, 11) is 0. The van der Waals surface area contributed by atoms with Crippen molar-refractivity contribution in [3.8, 4) is 5.06 Å². The Morgan fingerprint density at radius 2 is 2.18 bits per heavy atom. The summed E-state index contributed by atoms with van der Waals surface area (Å²) in [6.07, 6.45) is 0. The zero-order chi connectivity index (χ0) is 8.27. The molecule has 0 unspecified atom stereocenters. The number of hydrogen-bond donors (Lipinski definition) is 0. The van der Waals surface area contributed by atoms with E-state index >= 15 is 0 Å². The van der Waals surface area contributed by atoms with E-state index < -0.39 is 0 Å². The predicted molar refractivity (Wildman–Crippen MR) is 49.4 cm³/mol. The van der Waals surface area contributed by atoms with Gasteiger partial charge in [-0.05, 0) is 25.0 Å². The molecule has 0 radical (unpaired) electrons. The van der Waals surface area contributed by atoms with Crippen LogP contribution in [-0.2, 0) is 0 Å². The average Bonchev–Trinajstić information content (AvgIpc) is 2.31. The standard InChI is InChI=1S/C9H14OS/c1-7(2)6-10-9-5-4-8(3)11-9/h4-5,7H,6H2,1-3H3. The first kappa shape index (κ1) is 8.60. The van der Waals surface area contributed by atoms with E-state index in [4.69, 9.17) is 4.74 Å². The minimum Gasteiger partial charge on any atom is -0.484 e. The van der Waals surface area contributed by atoms with Crippen molar-refractivity contribution in [2.24, 2.45) is 5.92 Å². The Morgan fingerprint density at radius 1 is 1.45 bits per heavy atom. The molecule has 11 heavy (non-hydrogen) atoms. The van der Waals surface area contributed by atoms with Crippen LogP contribution in [0.4, 0.5) is 0 Å². The maximum Gasteiger partial charge on any atom is 0.173 e. The zero-order valence-corrected chi connectivity index (χ0v) is 8.07. The van der Waals surface area contributed by atoms with E-state index in [1.807, 2.05) is 6.07 Å². The first-order valence-electron chi connectivity index (χ1n) is 3.87. The van der Waals surface area contributed by atoms with Crippen LogP contribution in [0.5, 0.6) is 5.06 Å². The van der Waals surface area contributed by atoms with E-state index in [2.05, 4.69) is 26.8 Å². The summed E-state index contributed by atoms with van der Waals surface area (Å²) < 4.78 is 5.51. The maximum atomic E-state index is 5.51. The van der Waals surface area contributed by atoms with Crippen LogP contribution in [0.15, 0.2) is 12.1 Å². The molecule has 2 heteroatoms. The second-order valence-electron chi connectivity index (χ2n) is 3.07. The molecule has 0 saturated heterocycles. The van der Waals surface area contributed by atoms with Gasteiger partial charge < -0.3 is 4.74 Å². The molecule has 0 amide bonds. The average molecular weight is 170 g/mol. The minimum atomic E-state index is 0.609. The minimum absolute atomic E-state index is 0.609. The molecule has 0 bridgehead atoms. The Labute approximate surface area is 72.0 Å². The summed E-state index contributed by atoms with van der Waals surface area (Å²) >= 11 is 1.71. The highest BCUT2D eigenvalue weighted by atomic mass is 32.1. The highest BCUT2D eigenvalue weighted by molar-refractivity contribution is 7.13. The summed E-state index contributed by atoms with van der Waals surface area (Å²) in [5.41, 5.74) is 0. The van der Waals surface area contributed by atoms with Crippen LogP contribution >= 0.6 is 11.3 Å². The van der Waals surface area contributed by atoms with Gasteiger partial charge in [0.05, 0.1) is 6.61 Å². The maximum absolute atomic E-state index is 5.51. The van der Waals surface area contributed by atoms with Gasteiger partial charge >= 0.3 is 0 Å². The third kappa shape index (κ3) is 2.93. The van der Waals surface area contributed by atoms with Crippen LogP contribution in [0.3, 0.4) is 0 Å². The van der Waals surface area contributed by atoms with E-state index in [-0.39, 0.29) is 0 Å². The third-order valence-corrected chi connectivity index (χ3v) is 2.19. The summed E-state index contributed by atoms with van der Waals surface area (Å²) in [5.74, 6) is 0.609. The number of ether oxygens (including phenoxy) is 1. The van der Waals surface area contributed by atoms with Gasteiger partial charge in [-0.2, -0.15) is 0 Å². The number of rotatable bonds is 3. The van der Waals surface area contributed by atoms with E-state index in [1.165, 1.54) is 4.88 Å². The van der Waals surface area contributed by atoms with Gasteiger partial charge in [-0.3, -0.25) is 0 Å². The van der Waals surface area contributed by atoms with E-state index in [0.717, 1.165) is 11.7 Å². The molecule has 0 atom stereocenters. The van der Waals surface area contributed by atoms with Crippen LogP contribution in [0, 0.1) is 12.8 Å². The lowest BCUT2D eigenvalue weighted by molar-refractivity contribution is 0.278. The van der Waals surface area contributed by atoms with Crippen molar-refractivity contribution in [2.45, 2.75) is 20.8 Å². The van der Waals surface area contributed by atoms with Gasteiger partial charge in [0.15, 0.2) is 5.06 Å². The first-order valence-corrected chi connectivity index (χ1v) is 4.69. The molecule has 1 rings (SSSR count). The van der Waals surface area contributed by atoms with Crippen molar-refractivity contribution in [3.05, 3.63) is 17.0 Å². The molecule has 1 nitrogen and oxygen atoms in total. The lowest BCUT2D eigenvalue weighted by atomic mass is 10.2. The molecule has 0 aliphatic rings. The number of hydrogen-bond acceptors (Lipinski definition) is 2. The van der Waals surface area contributed by atoms with Gasteiger partial charge in [0, 0.05) is 4.88 Å². The topological polar surface area (TPSA) is 9.23 Å². The molecule has 1 heterocycles. The highest BCUT2D eigenvalue weighted by Gasteiger charge is 1.98. The van der Waals surface area contributed by atoms with Crippen molar-refractivity contribution in [1.29, 1.82) is 0 Å². The summed E-state index contributed by atoms with van der Waals surface area (Å²) in [6, 6.07) is 4.11. The second kappa shape index (κ2) is 3.77. The SMILES string of the molecule is Cc1ccc(OCC(C)C)s1. The molecule has 0 saturated carbocycles. The van der Waals surface area contributed by atoms with E-state index in [0.29, 0.717) is 5.92 Å². The molecule has 1 aromatic rings. The van der Waals surface area contributed by atoms with Gasteiger partial charge in [0.25, 0.3) is 0 Å². The van der Waals surface area contributed by atoms with Crippen LogP contribution in [0.25, 0.3) is 0 Å². The molecular weight excluding hydrogens is 156 g/mol. The fourth-order valence-corrected chi connectivity index (χ4v) is 1.45. The smallest absolute Gasteiger partial charge is 0.173 e. The Morgan fingerprint density at radius 3 is 2.64 bits per heavy atom. The van der Waals surface area contributed by atoms with Crippen LogP contribution < -0.4 is 4.74 Å². The fraction of sp³-hybridized carbons (Fsp3) is 0.556. The molecule has 0 spiro atoms. The molecule has 1 aromatic heterocycles. The van der Waals surface area contributed by atoms with Gasteiger partial charge in [-0.15, -0.1) is 11.3 Å². The summed E-state index contributed by atoms with van der Waals surface area (Å²) in [5, 5.41) is 1.04. The molecule has 0 N–H and O–H groups in total. The summed E-state index contributed by atoms with van der Waals surface area (Å²) in [6.45, 7) is 7.22. The molecular formula is C9H14OS. The monoisotopic (exact) mass is 170 g/mol. The second-order valence-corrected chi connectivity index (χ2v) is 4.32. The van der Waals surface area contributed by atoms with Crippen LogP contribution in [0.1, 0.15) is 18.7 Å². The Hall–Kier alpha value is -0.500. The third-order valence-electron chi connectivity index (χ3n) is 1.27. The molecule has 0 aliphatic heterocycles. The van der Waals surface area contributed by atoms with Crippen molar-refractivity contribution in [3.63, 3.8) is 0 Å². The van der Waals surface area contributed by atoms with Crippen molar-refractivity contribution < 1.29 is 4.74 Å². The lowest BCUT2D eigenvalue weighted by Gasteiger charge is -2.04.